The molecule has 0 saturated heterocycles. The highest BCUT2D eigenvalue weighted by molar-refractivity contribution is 7.98. The molecule has 0 fully saturated rings. The van der Waals surface area contributed by atoms with Gasteiger partial charge < -0.3 is 4.74 Å². The van der Waals surface area contributed by atoms with Crippen LogP contribution in [0.25, 0.3) is 6.08 Å². The number of rotatable bonds is 6. The number of imide groups is 1. The molecule has 0 bridgehead atoms. The van der Waals surface area contributed by atoms with Gasteiger partial charge >= 0.3 is 5.97 Å². The summed E-state index contributed by atoms with van der Waals surface area (Å²) in [7, 11) is 0. The third-order valence-corrected chi connectivity index (χ3v) is 3.91. The van der Waals surface area contributed by atoms with E-state index in [-0.39, 0.29) is 0 Å². The van der Waals surface area contributed by atoms with Gasteiger partial charge in [-0.05, 0) is 42.2 Å². The van der Waals surface area contributed by atoms with Crippen LogP contribution in [-0.4, -0.2) is 30.6 Å². The minimum absolute atomic E-state index is 0.357. The van der Waals surface area contributed by atoms with Gasteiger partial charge in [-0.2, -0.15) is 0 Å². The number of carbonyl (C=O) groups excluding carboxylic acids is 3. The number of amides is 2. The van der Waals surface area contributed by atoms with Crippen molar-refractivity contribution >= 4 is 35.6 Å². The average molecular weight is 355 g/mol. The Balaban J connectivity index is 1.77. The maximum absolute atomic E-state index is 11.8. The second-order valence-corrected chi connectivity index (χ2v) is 5.84. The Hall–Kier alpha value is -2.86. The van der Waals surface area contributed by atoms with Crippen LogP contribution in [0.15, 0.2) is 65.6 Å². The summed E-state index contributed by atoms with van der Waals surface area (Å²) in [6.45, 7) is -0.521. The third kappa shape index (κ3) is 6.27. The normalized spacial score (nSPS) is 10.4. The first-order valence-corrected chi connectivity index (χ1v) is 8.69. The number of hydrogen-bond donors (Lipinski definition) is 1. The molecular weight excluding hydrogens is 338 g/mol. The highest BCUT2D eigenvalue weighted by atomic mass is 32.2. The van der Waals surface area contributed by atoms with Crippen molar-refractivity contribution in [2.75, 3.05) is 12.9 Å². The summed E-state index contributed by atoms with van der Waals surface area (Å²) in [4.78, 5) is 36.2. The summed E-state index contributed by atoms with van der Waals surface area (Å²) in [5.41, 5.74) is 1.20. The van der Waals surface area contributed by atoms with E-state index in [1.807, 2.05) is 30.5 Å². The summed E-state index contributed by atoms with van der Waals surface area (Å²) in [6.07, 6.45) is 4.82. The lowest BCUT2D eigenvalue weighted by Gasteiger charge is -2.04. The van der Waals surface area contributed by atoms with Crippen LogP contribution in [0.3, 0.4) is 0 Å². The van der Waals surface area contributed by atoms with Gasteiger partial charge in [-0.1, -0.05) is 30.3 Å². The Morgan fingerprint density at radius 3 is 2.36 bits per heavy atom. The second kappa shape index (κ2) is 9.44. The van der Waals surface area contributed by atoms with Gasteiger partial charge in [0.1, 0.15) is 0 Å². The van der Waals surface area contributed by atoms with Crippen molar-refractivity contribution in [3.63, 3.8) is 0 Å². The molecule has 0 radical (unpaired) electrons. The fourth-order valence-corrected chi connectivity index (χ4v) is 2.30. The molecule has 0 heterocycles. The zero-order chi connectivity index (χ0) is 18.1. The van der Waals surface area contributed by atoms with E-state index < -0.39 is 24.4 Å². The summed E-state index contributed by atoms with van der Waals surface area (Å²) in [5, 5.41) is 2.16. The molecule has 2 rings (SSSR count). The number of benzene rings is 2. The fourth-order valence-electron chi connectivity index (χ4n) is 1.89. The molecule has 0 spiro atoms. The van der Waals surface area contributed by atoms with Gasteiger partial charge in [0, 0.05) is 16.5 Å². The predicted molar refractivity (Wildman–Crippen MR) is 97.1 cm³/mol. The molecule has 5 nitrogen and oxygen atoms in total. The van der Waals surface area contributed by atoms with Gasteiger partial charge in [-0.25, -0.2) is 4.79 Å². The first-order chi connectivity index (χ1) is 12.1. The maximum atomic E-state index is 11.8. The Morgan fingerprint density at radius 1 is 1.04 bits per heavy atom. The van der Waals surface area contributed by atoms with Crippen LogP contribution in [0.2, 0.25) is 0 Å². The molecule has 0 aliphatic heterocycles. The van der Waals surface area contributed by atoms with E-state index >= 15 is 0 Å². The minimum atomic E-state index is -0.681. The SMILES string of the molecule is CSc1ccc(/C=C/C(=O)OCC(=O)NC(=O)c2ccccc2)cc1. The highest BCUT2D eigenvalue weighted by Gasteiger charge is 2.11. The summed E-state index contributed by atoms with van der Waals surface area (Å²) in [5.74, 6) is -1.87. The number of nitrogens with one attached hydrogen (secondary N) is 1. The Kier molecular flexibility index (Phi) is 6.98. The first kappa shape index (κ1) is 18.5. The zero-order valence-corrected chi connectivity index (χ0v) is 14.4. The van der Waals surface area contributed by atoms with Crippen molar-refractivity contribution in [2.45, 2.75) is 4.90 Å². The topological polar surface area (TPSA) is 72.5 Å². The average Bonchev–Trinajstić information content (AvgIpc) is 2.65. The van der Waals surface area contributed by atoms with E-state index in [1.54, 1.807) is 48.2 Å². The molecule has 0 saturated carbocycles. The molecule has 2 aromatic rings. The van der Waals surface area contributed by atoms with E-state index in [9.17, 15) is 14.4 Å². The van der Waals surface area contributed by atoms with Gasteiger partial charge in [0.05, 0.1) is 0 Å². The summed E-state index contributed by atoms with van der Waals surface area (Å²) in [6, 6.07) is 15.9. The van der Waals surface area contributed by atoms with Crippen LogP contribution in [0.5, 0.6) is 0 Å². The Morgan fingerprint density at radius 2 is 1.72 bits per heavy atom. The van der Waals surface area contributed by atoms with Crippen LogP contribution >= 0.6 is 11.8 Å². The standard InChI is InChI=1S/C19H17NO4S/c1-25-16-10-7-14(8-11-16)9-12-18(22)24-13-17(21)20-19(23)15-5-3-2-4-6-15/h2-12H,13H2,1H3,(H,20,21,23)/b12-9+. The van der Waals surface area contributed by atoms with Crippen molar-refractivity contribution in [1.82, 2.24) is 5.32 Å². The van der Waals surface area contributed by atoms with Crippen LogP contribution < -0.4 is 5.32 Å². The van der Waals surface area contributed by atoms with Crippen LogP contribution in [0.4, 0.5) is 0 Å². The molecule has 0 unspecified atom stereocenters. The van der Waals surface area contributed by atoms with Crippen molar-refractivity contribution in [3.8, 4) is 0 Å². The van der Waals surface area contributed by atoms with Crippen LogP contribution in [0, 0.1) is 0 Å². The van der Waals surface area contributed by atoms with E-state index in [4.69, 9.17) is 4.74 Å². The molecule has 0 atom stereocenters. The molecule has 0 aliphatic rings. The number of thioether (sulfide) groups is 1. The zero-order valence-electron chi connectivity index (χ0n) is 13.6. The summed E-state index contributed by atoms with van der Waals surface area (Å²) < 4.78 is 4.81. The molecule has 2 amide bonds. The molecule has 0 aliphatic carbocycles. The number of ether oxygens (including phenoxy) is 1. The van der Waals surface area contributed by atoms with Crippen LogP contribution in [0.1, 0.15) is 15.9 Å². The largest absolute Gasteiger partial charge is 0.452 e. The van der Waals surface area contributed by atoms with Crippen molar-refractivity contribution in [3.05, 3.63) is 71.8 Å². The number of carbonyl (C=O) groups is 3. The van der Waals surface area contributed by atoms with Crippen LogP contribution in [-0.2, 0) is 14.3 Å². The number of hydrogen-bond acceptors (Lipinski definition) is 5. The first-order valence-electron chi connectivity index (χ1n) is 7.46. The smallest absolute Gasteiger partial charge is 0.331 e. The fraction of sp³-hybridized carbons (Fsp3) is 0.105. The van der Waals surface area contributed by atoms with Crippen molar-refractivity contribution in [1.29, 1.82) is 0 Å². The van der Waals surface area contributed by atoms with E-state index in [0.29, 0.717) is 5.56 Å². The van der Waals surface area contributed by atoms with E-state index in [2.05, 4.69) is 5.32 Å². The molecule has 2 aromatic carbocycles. The van der Waals surface area contributed by atoms with Crippen molar-refractivity contribution in [2.24, 2.45) is 0 Å². The van der Waals surface area contributed by atoms with E-state index in [1.165, 1.54) is 6.08 Å². The third-order valence-electron chi connectivity index (χ3n) is 3.16. The molecule has 0 aromatic heterocycles. The molecule has 1 N–H and O–H groups in total. The lowest BCUT2D eigenvalue weighted by molar-refractivity contribution is -0.143. The Labute approximate surface area is 150 Å². The van der Waals surface area contributed by atoms with E-state index in [0.717, 1.165) is 10.5 Å². The molecule has 6 heteroatoms. The number of esters is 1. The minimum Gasteiger partial charge on any atom is -0.452 e. The van der Waals surface area contributed by atoms with Gasteiger partial charge in [0.15, 0.2) is 6.61 Å². The predicted octanol–water partition coefficient (Wildman–Crippen LogP) is 2.92. The maximum Gasteiger partial charge on any atom is 0.331 e. The van der Waals surface area contributed by atoms with Gasteiger partial charge in [-0.3, -0.25) is 14.9 Å². The van der Waals surface area contributed by atoms with Gasteiger partial charge in [0.25, 0.3) is 11.8 Å². The second-order valence-electron chi connectivity index (χ2n) is 4.96. The van der Waals surface area contributed by atoms with Gasteiger partial charge in [0.2, 0.25) is 0 Å². The lowest BCUT2D eigenvalue weighted by Crippen LogP contribution is -2.33. The monoisotopic (exact) mass is 355 g/mol. The van der Waals surface area contributed by atoms with Gasteiger partial charge in [-0.15, -0.1) is 11.8 Å². The molecule has 128 valence electrons. The lowest BCUT2D eigenvalue weighted by atomic mass is 10.2. The molecular formula is C19H17NO4S. The highest BCUT2D eigenvalue weighted by Crippen LogP contribution is 2.15. The summed E-state index contributed by atoms with van der Waals surface area (Å²) >= 11 is 1.63. The Bertz CT molecular complexity index is 770. The quantitative estimate of drug-likeness (QED) is 0.490. The molecule has 25 heavy (non-hydrogen) atoms. The van der Waals surface area contributed by atoms with Crippen molar-refractivity contribution < 1.29 is 19.1 Å².